The molecule has 0 spiro atoms. The van der Waals surface area contributed by atoms with Crippen molar-refractivity contribution in [1.82, 2.24) is 0 Å². The average Bonchev–Trinajstić information content (AvgIpc) is 2.42. The molecule has 2 rings (SSSR count). The van der Waals surface area contributed by atoms with Gasteiger partial charge in [0, 0.05) is 0 Å². The van der Waals surface area contributed by atoms with E-state index in [1.807, 2.05) is 50.0 Å². The summed E-state index contributed by atoms with van der Waals surface area (Å²) < 4.78 is 29.8. The molecule has 22 heavy (non-hydrogen) atoms. The van der Waals surface area contributed by atoms with E-state index in [0.29, 0.717) is 6.61 Å². The van der Waals surface area contributed by atoms with Gasteiger partial charge in [0.25, 0.3) is 0 Å². The lowest BCUT2D eigenvalue weighted by molar-refractivity contribution is 0.266. The van der Waals surface area contributed by atoms with Crippen LogP contribution < -0.4 is 4.74 Å². The van der Waals surface area contributed by atoms with Gasteiger partial charge < -0.3 is 21.2 Å². The molecule has 1 heterocycles. The van der Waals surface area contributed by atoms with Gasteiger partial charge in [0.2, 0.25) is 0 Å². The third kappa shape index (κ3) is 6.08. The van der Waals surface area contributed by atoms with Crippen LogP contribution in [-0.2, 0) is 16.5 Å². The molecule has 1 fully saturated rings. The summed E-state index contributed by atoms with van der Waals surface area (Å²) in [5, 5.41) is 0. The molecule has 3 radical (unpaired) electrons. The smallest absolute Gasteiger partial charge is 0.362 e. The molecule has 1 aromatic carbocycles. The Morgan fingerprint density at radius 1 is 0.955 bits per heavy atom. The second kappa shape index (κ2) is 8.54. The van der Waals surface area contributed by atoms with Gasteiger partial charge in [-0.2, -0.15) is 0 Å². The van der Waals surface area contributed by atoms with Gasteiger partial charge >= 0.3 is 36.4 Å². The van der Waals surface area contributed by atoms with Gasteiger partial charge in [-0.3, -0.25) is 0 Å². The first-order valence-electron chi connectivity index (χ1n) is 7.39. The van der Waals surface area contributed by atoms with Gasteiger partial charge in [0.1, 0.15) is 5.75 Å². The monoisotopic (exact) mass is 371 g/mol. The molecule has 0 aliphatic carbocycles. The molecule has 1 aliphatic rings. The highest BCUT2D eigenvalue weighted by atomic mass is 28.5. The van der Waals surface area contributed by atoms with Crippen molar-refractivity contribution in [2.24, 2.45) is 0 Å². The van der Waals surface area contributed by atoms with Crippen LogP contribution in [0.5, 0.6) is 5.75 Å². The maximum absolute atomic E-state index is 6.18. The summed E-state index contributed by atoms with van der Waals surface area (Å²) in [6, 6.07) is 10.8. The van der Waals surface area contributed by atoms with Crippen molar-refractivity contribution in [3.8, 4) is 5.75 Å². The zero-order valence-corrected chi connectivity index (χ0v) is 17.5. The molecule has 5 nitrogen and oxygen atoms in total. The Balaban J connectivity index is 1.81. The predicted octanol–water partition coefficient (Wildman–Crippen LogP) is 2.96. The van der Waals surface area contributed by atoms with Crippen molar-refractivity contribution in [3.63, 3.8) is 0 Å². The van der Waals surface area contributed by atoms with E-state index in [2.05, 4.69) is 6.55 Å². The minimum Gasteiger partial charge on any atom is -0.494 e. The van der Waals surface area contributed by atoms with Crippen LogP contribution in [0.25, 0.3) is 0 Å². The molecule has 1 aromatic rings. The van der Waals surface area contributed by atoms with E-state index < -0.39 is 36.4 Å². The molecule has 0 N–H and O–H groups in total. The Morgan fingerprint density at radius 2 is 1.55 bits per heavy atom. The summed E-state index contributed by atoms with van der Waals surface area (Å²) in [6.45, 7) is 8.81. The lowest BCUT2D eigenvalue weighted by Gasteiger charge is -2.35. The Morgan fingerprint density at radius 3 is 2.14 bits per heavy atom. The molecule has 9 heteroatoms. The molecule has 0 aromatic heterocycles. The van der Waals surface area contributed by atoms with Crippen LogP contribution in [0.2, 0.25) is 32.2 Å². The normalized spacial score (nSPS) is 21.3. The van der Waals surface area contributed by atoms with E-state index in [1.165, 1.54) is 0 Å². The molecule has 0 amide bonds. The Bertz CT molecular complexity index is 435. The Labute approximate surface area is 139 Å². The molecular weight excluding hydrogens is 348 g/mol. The lowest BCUT2D eigenvalue weighted by Crippen LogP contribution is -2.53. The van der Waals surface area contributed by atoms with Gasteiger partial charge in [-0.05, 0) is 50.8 Å². The molecule has 121 valence electrons. The SMILES string of the molecule is C[Si]1O[Si](C)O[Si](C)(CCCOc2ccccc2)O[Si](C)O1. The second-order valence-corrected chi connectivity index (χ2v) is 14.3. The Kier molecular flexibility index (Phi) is 7.02. The van der Waals surface area contributed by atoms with E-state index in [1.54, 1.807) is 0 Å². The number of hydrogen-bond donors (Lipinski definition) is 0. The van der Waals surface area contributed by atoms with Crippen molar-refractivity contribution in [3.05, 3.63) is 30.3 Å². The van der Waals surface area contributed by atoms with Crippen molar-refractivity contribution in [2.45, 2.75) is 38.7 Å². The highest BCUT2D eigenvalue weighted by molar-refractivity contribution is 6.81. The van der Waals surface area contributed by atoms with Crippen LogP contribution >= 0.6 is 0 Å². The fraction of sp³-hybridized carbons (Fsp3) is 0.538. The first-order chi connectivity index (χ1) is 10.5. The van der Waals surface area contributed by atoms with Crippen molar-refractivity contribution in [1.29, 1.82) is 0 Å². The topological polar surface area (TPSA) is 46.2 Å². The summed E-state index contributed by atoms with van der Waals surface area (Å²) >= 11 is 0. The van der Waals surface area contributed by atoms with Crippen molar-refractivity contribution < 1.29 is 21.2 Å². The minimum atomic E-state index is -2.24. The minimum absolute atomic E-state index is 0.668. The quantitative estimate of drug-likeness (QED) is 0.588. The average molecular weight is 372 g/mol. The highest BCUT2D eigenvalue weighted by Gasteiger charge is 2.40. The molecule has 0 unspecified atom stereocenters. The number of ether oxygens (including phenoxy) is 1. The fourth-order valence-corrected chi connectivity index (χ4v) is 14.2. The number of benzene rings is 1. The summed E-state index contributed by atoms with van der Waals surface area (Å²) in [7, 11) is -6.03. The third-order valence-corrected chi connectivity index (χ3v) is 14.7. The van der Waals surface area contributed by atoms with E-state index in [9.17, 15) is 0 Å². The molecule has 0 saturated carbocycles. The van der Waals surface area contributed by atoms with Crippen LogP contribution in [0.1, 0.15) is 6.42 Å². The zero-order valence-electron chi connectivity index (χ0n) is 13.5. The van der Waals surface area contributed by atoms with E-state index in [-0.39, 0.29) is 0 Å². The molecule has 0 atom stereocenters. The maximum atomic E-state index is 6.18. The predicted molar refractivity (Wildman–Crippen MR) is 92.2 cm³/mol. The first kappa shape index (κ1) is 18.1. The fourth-order valence-electron chi connectivity index (χ4n) is 2.30. The maximum Gasteiger partial charge on any atom is 0.362 e. The number of rotatable bonds is 5. The van der Waals surface area contributed by atoms with Gasteiger partial charge in [-0.25, -0.2) is 0 Å². The summed E-state index contributed by atoms with van der Waals surface area (Å²) in [6.07, 6.45) is 0.909. The van der Waals surface area contributed by atoms with Crippen molar-refractivity contribution >= 4 is 36.4 Å². The van der Waals surface area contributed by atoms with E-state index in [4.69, 9.17) is 21.2 Å². The Hall–Kier alpha value is -0.272. The summed E-state index contributed by atoms with van der Waals surface area (Å²) in [5.74, 6) is 0.902. The second-order valence-electron chi connectivity index (χ2n) is 5.28. The number of hydrogen-bond acceptors (Lipinski definition) is 5. The molecular formula is C13H23O5Si4. The summed E-state index contributed by atoms with van der Waals surface area (Å²) in [5.41, 5.74) is 0. The van der Waals surface area contributed by atoms with Gasteiger partial charge in [0.05, 0.1) is 6.61 Å². The number of para-hydroxylation sites is 1. The third-order valence-electron chi connectivity index (χ3n) is 3.08. The van der Waals surface area contributed by atoms with Crippen LogP contribution in [0.4, 0.5) is 0 Å². The van der Waals surface area contributed by atoms with E-state index in [0.717, 1.165) is 18.2 Å². The lowest BCUT2D eigenvalue weighted by atomic mass is 10.3. The first-order valence-corrected chi connectivity index (χ1v) is 15.4. The molecule has 0 bridgehead atoms. The van der Waals surface area contributed by atoms with Crippen molar-refractivity contribution in [2.75, 3.05) is 6.61 Å². The van der Waals surface area contributed by atoms with E-state index >= 15 is 0 Å². The van der Waals surface area contributed by atoms with Crippen LogP contribution in [0, 0.1) is 0 Å². The standard InChI is InChI=1S/C13H23O5Si4/c1-19-15-20(2)17-22(4,18-21(3)16-19)12-8-11-14-13-9-6-5-7-10-13/h5-7,9-10H,8,11-12H2,1-4H3. The largest absolute Gasteiger partial charge is 0.494 e. The van der Waals surface area contributed by atoms with Gasteiger partial charge in [-0.1, -0.05) is 18.2 Å². The zero-order chi connectivity index (χ0) is 16.0. The van der Waals surface area contributed by atoms with Crippen LogP contribution in [0.15, 0.2) is 30.3 Å². The summed E-state index contributed by atoms with van der Waals surface area (Å²) in [4.78, 5) is 0. The molecule has 1 saturated heterocycles. The van der Waals surface area contributed by atoms with Gasteiger partial charge in [-0.15, -0.1) is 0 Å². The van der Waals surface area contributed by atoms with Crippen LogP contribution in [0.3, 0.4) is 0 Å². The molecule has 1 aliphatic heterocycles. The van der Waals surface area contributed by atoms with Crippen LogP contribution in [-0.4, -0.2) is 43.0 Å². The van der Waals surface area contributed by atoms with Gasteiger partial charge in [0.15, 0.2) is 0 Å². The highest BCUT2D eigenvalue weighted by Crippen LogP contribution is 2.22.